The maximum atomic E-state index is 11.5. The molecule has 0 spiro atoms. The van der Waals surface area contributed by atoms with E-state index in [4.69, 9.17) is 0 Å². The Morgan fingerprint density at radius 3 is 1.93 bits per heavy atom. The summed E-state index contributed by atoms with van der Waals surface area (Å²) in [6.07, 6.45) is 1.71. The van der Waals surface area contributed by atoms with Crippen LogP contribution in [-0.2, 0) is 4.79 Å². The van der Waals surface area contributed by atoms with Crippen molar-refractivity contribution in [2.75, 3.05) is 0 Å². The van der Waals surface area contributed by atoms with E-state index in [-0.39, 0.29) is 5.57 Å². The Balaban J connectivity index is 1.78. The van der Waals surface area contributed by atoms with Crippen LogP contribution in [0, 0.1) is 0 Å². The molecular weight excluding hydrogens is 348 g/mol. The Morgan fingerprint density at radius 1 is 0.786 bits per heavy atom. The molecule has 0 amide bonds. The van der Waals surface area contributed by atoms with Crippen molar-refractivity contribution in [2.45, 2.75) is 0 Å². The lowest BCUT2D eigenvalue weighted by atomic mass is 9.99. The van der Waals surface area contributed by atoms with Crippen LogP contribution >= 0.6 is 0 Å². The lowest BCUT2D eigenvalue weighted by molar-refractivity contribution is -0.130. The molecule has 0 bridgehead atoms. The number of aromatic nitrogens is 2. The third-order valence-corrected chi connectivity index (χ3v) is 4.58. The van der Waals surface area contributed by atoms with Crippen molar-refractivity contribution < 1.29 is 9.90 Å². The van der Waals surface area contributed by atoms with Gasteiger partial charge in [0.2, 0.25) is 0 Å². The summed E-state index contributed by atoms with van der Waals surface area (Å²) < 4.78 is 1.68. The van der Waals surface area contributed by atoms with Crippen LogP contribution in [0.2, 0.25) is 0 Å². The highest BCUT2D eigenvalue weighted by molar-refractivity contribution is 6.16. The Hall–Kier alpha value is -3.92. The minimum atomic E-state index is -1.06. The fourth-order valence-electron chi connectivity index (χ4n) is 3.09. The second kappa shape index (κ2) is 7.37. The summed E-state index contributed by atoms with van der Waals surface area (Å²) in [5.74, 6) is -1.06. The molecule has 0 saturated heterocycles. The number of nitrogens with zero attached hydrogens (tertiary/aromatic N) is 2. The lowest BCUT2D eigenvalue weighted by Crippen LogP contribution is -1.98. The van der Waals surface area contributed by atoms with Gasteiger partial charge in [-0.1, -0.05) is 79.4 Å². The fraction of sp³-hybridized carbons (Fsp3) is 0. The van der Waals surface area contributed by atoms with Gasteiger partial charge in [0.25, 0.3) is 0 Å². The van der Waals surface area contributed by atoms with Gasteiger partial charge in [-0.15, -0.1) is 0 Å². The van der Waals surface area contributed by atoms with Crippen molar-refractivity contribution in [3.63, 3.8) is 0 Å². The van der Waals surface area contributed by atoms with E-state index in [1.807, 2.05) is 72.8 Å². The van der Waals surface area contributed by atoms with Crippen LogP contribution < -0.4 is 0 Å². The smallest absolute Gasteiger partial charge is 0.335 e. The van der Waals surface area contributed by atoms with Gasteiger partial charge in [0.15, 0.2) is 0 Å². The molecule has 4 rings (SSSR count). The Labute approximate surface area is 163 Å². The van der Waals surface area contributed by atoms with E-state index in [1.54, 1.807) is 10.9 Å². The average Bonchev–Trinajstić information content (AvgIpc) is 3.20. The van der Waals surface area contributed by atoms with Crippen molar-refractivity contribution in [2.24, 2.45) is 0 Å². The molecule has 4 nitrogen and oxygen atoms in total. The Kier molecular flexibility index (Phi) is 4.60. The zero-order valence-corrected chi connectivity index (χ0v) is 15.1. The van der Waals surface area contributed by atoms with E-state index in [1.165, 1.54) is 0 Å². The lowest BCUT2D eigenvalue weighted by Gasteiger charge is -2.05. The van der Waals surface area contributed by atoms with Crippen molar-refractivity contribution in [3.8, 4) is 28.1 Å². The molecular formula is C24H18N2O2. The highest BCUT2D eigenvalue weighted by Gasteiger charge is 2.18. The molecule has 1 N–H and O–H groups in total. The summed E-state index contributed by atoms with van der Waals surface area (Å²) in [4.78, 5) is 11.5. The molecule has 0 radical (unpaired) electrons. The number of carboxylic acid groups (broad SMARTS) is 1. The first-order valence-electron chi connectivity index (χ1n) is 8.87. The van der Waals surface area contributed by atoms with Gasteiger partial charge < -0.3 is 5.11 Å². The molecule has 0 fully saturated rings. The molecule has 28 heavy (non-hydrogen) atoms. The fourth-order valence-corrected chi connectivity index (χ4v) is 3.09. The Morgan fingerprint density at radius 2 is 1.32 bits per heavy atom. The van der Waals surface area contributed by atoms with Crippen LogP contribution in [0.25, 0.3) is 33.6 Å². The molecule has 3 aromatic carbocycles. The summed E-state index contributed by atoms with van der Waals surface area (Å²) in [5.41, 5.74) is 5.02. The van der Waals surface area contributed by atoms with Crippen LogP contribution in [0.1, 0.15) is 5.56 Å². The van der Waals surface area contributed by atoms with Crippen LogP contribution in [-0.4, -0.2) is 20.9 Å². The number of carboxylic acids is 1. The van der Waals surface area contributed by atoms with Crippen molar-refractivity contribution in [1.29, 1.82) is 0 Å². The second-order valence-electron chi connectivity index (χ2n) is 6.40. The van der Waals surface area contributed by atoms with Gasteiger partial charge >= 0.3 is 5.97 Å². The number of benzene rings is 3. The first-order chi connectivity index (χ1) is 13.6. The average molecular weight is 366 g/mol. The minimum Gasteiger partial charge on any atom is -0.478 e. The van der Waals surface area contributed by atoms with Crippen LogP contribution in [0.5, 0.6) is 0 Å². The maximum absolute atomic E-state index is 11.5. The third kappa shape index (κ3) is 3.35. The van der Waals surface area contributed by atoms with E-state index in [0.717, 1.165) is 22.4 Å². The number of para-hydroxylation sites is 1. The molecule has 0 saturated carbocycles. The van der Waals surface area contributed by atoms with E-state index in [2.05, 4.69) is 23.8 Å². The summed E-state index contributed by atoms with van der Waals surface area (Å²) in [7, 11) is 0. The first kappa shape index (κ1) is 17.5. The molecule has 4 heteroatoms. The predicted molar refractivity (Wildman–Crippen MR) is 111 cm³/mol. The number of hydrogen-bond donors (Lipinski definition) is 1. The third-order valence-electron chi connectivity index (χ3n) is 4.58. The van der Waals surface area contributed by atoms with Crippen molar-refractivity contribution in [3.05, 3.63) is 103 Å². The number of hydrogen-bond acceptors (Lipinski definition) is 2. The summed E-state index contributed by atoms with van der Waals surface area (Å²) in [5, 5.41) is 14.1. The maximum Gasteiger partial charge on any atom is 0.335 e. The summed E-state index contributed by atoms with van der Waals surface area (Å²) >= 11 is 0. The molecule has 136 valence electrons. The molecule has 1 heterocycles. The minimum absolute atomic E-state index is 0.0179. The monoisotopic (exact) mass is 366 g/mol. The summed E-state index contributed by atoms with van der Waals surface area (Å²) in [6.45, 7) is 3.73. The molecule has 0 unspecified atom stereocenters. The standard InChI is InChI=1S/C24H18N2O2/c1-17(24(27)28)22-16-26(21-10-6-3-7-11-21)25-23(22)20-14-12-19(13-15-20)18-8-4-2-5-9-18/h2-16H,1H2,(H,27,28). The number of rotatable bonds is 5. The zero-order valence-electron chi connectivity index (χ0n) is 15.1. The van der Waals surface area contributed by atoms with E-state index < -0.39 is 5.97 Å². The molecule has 4 aromatic rings. The molecule has 1 aromatic heterocycles. The van der Waals surface area contributed by atoms with Gasteiger partial charge in [-0.05, 0) is 23.3 Å². The van der Waals surface area contributed by atoms with Gasteiger partial charge in [0, 0.05) is 17.3 Å². The van der Waals surface area contributed by atoms with Gasteiger partial charge in [0.1, 0.15) is 5.69 Å². The van der Waals surface area contributed by atoms with Gasteiger partial charge in [-0.25, -0.2) is 9.48 Å². The molecule has 0 aliphatic carbocycles. The van der Waals surface area contributed by atoms with Crippen LogP contribution in [0.15, 0.2) is 97.7 Å². The molecule has 0 aliphatic heterocycles. The topological polar surface area (TPSA) is 55.1 Å². The van der Waals surface area contributed by atoms with Crippen LogP contribution in [0.3, 0.4) is 0 Å². The second-order valence-corrected chi connectivity index (χ2v) is 6.40. The van der Waals surface area contributed by atoms with Crippen molar-refractivity contribution in [1.82, 2.24) is 9.78 Å². The predicted octanol–water partition coefficient (Wildman–Crippen LogP) is 5.30. The normalized spacial score (nSPS) is 10.6. The van der Waals surface area contributed by atoms with Gasteiger partial charge in [-0.3, -0.25) is 0 Å². The van der Waals surface area contributed by atoms with Gasteiger partial charge in [-0.2, -0.15) is 5.10 Å². The zero-order chi connectivity index (χ0) is 19.5. The number of aliphatic carboxylic acids is 1. The summed E-state index contributed by atoms with van der Waals surface area (Å²) in [6, 6.07) is 27.6. The number of carbonyl (C=O) groups is 1. The highest BCUT2D eigenvalue weighted by Crippen LogP contribution is 2.30. The van der Waals surface area contributed by atoms with Gasteiger partial charge in [0.05, 0.1) is 11.3 Å². The quantitative estimate of drug-likeness (QED) is 0.487. The van der Waals surface area contributed by atoms with E-state index in [0.29, 0.717) is 11.3 Å². The van der Waals surface area contributed by atoms with E-state index in [9.17, 15) is 9.90 Å². The highest BCUT2D eigenvalue weighted by atomic mass is 16.4. The first-order valence-corrected chi connectivity index (χ1v) is 8.87. The van der Waals surface area contributed by atoms with E-state index >= 15 is 0 Å². The molecule has 0 aliphatic rings. The Bertz CT molecular complexity index is 1130. The largest absolute Gasteiger partial charge is 0.478 e. The SMILES string of the molecule is C=C(C(=O)O)c1cn(-c2ccccc2)nc1-c1ccc(-c2ccccc2)cc1. The molecule has 0 atom stereocenters. The van der Waals surface area contributed by atoms with Crippen molar-refractivity contribution >= 4 is 11.5 Å². The van der Waals surface area contributed by atoms with Crippen LogP contribution in [0.4, 0.5) is 0 Å².